The molecule has 4 nitrogen and oxygen atoms in total. The van der Waals surface area contributed by atoms with Crippen LogP contribution in [0.25, 0.3) is 21.8 Å². The van der Waals surface area contributed by atoms with Crippen LogP contribution in [0, 0.1) is 0 Å². The molecule has 0 radical (unpaired) electrons. The lowest BCUT2D eigenvalue weighted by atomic mass is 10.1. The lowest BCUT2D eigenvalue weighted by Gasteiger charge is -2.27. The topological polar surface area (TPSA) is 44.0 Å². The third kappa shape index (κ3) is 2.07. The molecule has 102 valence electrons. The van der Waals surface area contributed by atoms with E-state index in [1.165, 1.54) is 21.9 Å². The highest BCUT2D eigenvalue weighted by Crippen LogP contribution is 2.25. The molecule has 0 aliphatic carbocycles. The molecule has 2 N–H and O–H groups in total. The molecule has 1 aromatic carbocycles. The van der Waals surface area contributed by atoms with E-state index in [1.807, 2.05) is 18.5 Å². The third-order valence-electron chi connectivity index (χ3n) is 4.08. The Morgan fingerprint density at radius 1 is 1.05 bits per heavy atom. The monoisotopic (exact) mass is 266 g/mol. The molecular weight excluding hydrogens is 248 g/mol. The van der Waals surface area contributed by atoms with Crippen molar-refractivity contribution in [1.82, 2.24) is 20.2 Å². The number of hydrogen-bond donors (Lipinski definition) is 2. The van der Waals surface area contributed by atoms with Crippen LogP contribution in [0.4, 0.5) is 0 Å². The fourth-order valence-electron chi connectivity index (χ4n) is 3.01. The van der Waals surface area contributed by atoms with E-state index in [9.17, 15) is 0 Å². The van der Waals surface area contributed by atoms with Gasteiger partial charge in [-0.25, -0.2) is 0 Å². The number of fused-ring (bicyclic) bond motifs is 3. The zero-order valence-electron chi connectivity index (χ0n) is 11.4. The van der Waals surface area contributed by atoms with Crippen LogP contribution in [0.1, 0.15) is 5.56 Å². The molecule has 0 atom stereocenters. The molecule has 1 aliphatic rings. The summed E-state index contributed by atoms with van der Waals surface area (Å²) in [6, 6.07) is 8.75. The second kappa shape index (κ2) is 4.89. The maximum Gasteiger partial charge on any atom is 0.0495 e. The number of nitrogens with zero attached hydrogens (tertiary/aromatic N) is 2. The quantitative estimate of drug-likeness (QED) is 0.747. The van der Waals surface area contributed by atoms with Crippen molar-refractivity contribution >= 4 is 21.8 Å². The number of aromatic nitrogens is 2. The predicted octanol–water partition coefficient (Wildman–Crippen LogP) is 2.12. The Bertz CT molecular complexity index is 740. The Morgan fingerprint density at radius 3 is 2.80 bits per heavy atom. The molecule has 0 amide bonds. The van der Waals surface area contributed by atoms with Gasteiger partial charge >= 0.3 is 0 Å². The van der Waals surface area contributed by atoms with Gasteiger partial charge in [0.05, 0.1) is 0 Å². The first-order valence-electron chi connectivity index (χ1n) is 7.17. The van der Waals surface area contributed by atoms with Crippen LogP contribution in [-0.4, -0.2) is 41.0 Å². The van der Waals surface area contributed by atoms with Crippen LogP contribution in [0.15, 0.2) is 36.7 Å². The maximum atomic E-state index is 4.24. The molecule has 3 aromatic rings. The van der Waals surface area contributed by atoms with E-state index in [0.29, 0.717) is 0 Å². The van der Waals surface area contributed by atoms with E-state index in [-0.39, 0.29) is 0 Å². The first-order valence-corrected chi connectivity index (χ1v) is 7.17. The maximum absolute atomic E-state index is 4.24. The Labute approximate surface area is 117 Å². The van der Waals surface area contributed by atoms with E-state index in [2.05, 4.69) is 38.4 Å². The van der Waals surface area contributed by atoms with Crippen molar-refractivity contribution in [1.29, 1.82) is 0 Å². The molecule has 20 heavy (non-hydrogen) atoms. The summed E-state index contributed by atoms with van der Waals surface area (Å²) >= 11 is 0. The number of hydrogen-bond acceptors (Lipinski definition) is 3. The number of benzene rings is 1. The molecule has 0 bridgehead atoms. The lowest BCUT2D eigenvalue weighted by Crippen LogP contribution is -2.42. The molecule has 1 aliphatic heterocycles. The number of rotatable bonds is 2. The van der Waals surface area contributed by atoms with Gasteiger partial charge in [-0.1, -0.05) is 6.07 Å². The van der Waals surface area contributed by atoms with Crippen LogP contribution in [-0.2, 0) is 6.54 Å². The summed E-state index contributed by atoms with van der Waals surface area (Å²) in [7, 11) is 0. The second-order valence-corrected chi connectivity index (χ2v) is 5.45. The molecule has 2 aromatic heterocycles. The highest BCUT2D eigenvalue weighted by molar-refractivity contribution is 6.06. The zero-order valence-corrected chi connectivity index (χ0v) is 11.4. The molecule has 0 spiro atoms. The Kier molecular flexibility index (Phi) is 2.90. The Balaban J connectivity index is 1.71. The van der Waals surface area contributed by atoms with Gasteiger partial charge in [-0.3, -0.25) is 9.88 Å². The molecule has 4 heteroatoms. The highest BCUT2D eigenvalue weighted by Gasteiger charge is 2.11. The van der Waals surface area contributed by atoms with Gasteiger partial charge in [-0.15, -0.1) is 0 Å². The molecule has 0 unspecified atom stereocenters. The van der Waals surface area contributed by atoms with Crippen molar-refractivity contribution < 1.29 is 0 Å². The molecule has 1 saturated heterocycles. The van der Waals surface area contributed by atoms with E-state index in [1.54, 1.807) is 0 Å². The van der Waals surface area contributed by atoms with Crippen LogP contribution in [0.3, 0.4) is 0 Å². The third-order valence-corrected chi connectivity index (χ3v) is 4.08. The van der Waals surface area contributed by atoms with Crippen LogP contribution < -0.4 is 5.32 Å². The average molecular weight is 266 g/mol. The van der Waals surface area contributed by atoms with Gasteiger partial charge in [-0.05, 0) is 23.8 Å². The van der Waals surface area contributed by atoms with Gasteiger partial charge in [0.1, 0.15) is 0 Å². The molecule has 4 rings (SSSR count). The van der Waals surface area contributed by atoms with Gasteiger partial charge in [0.25, 0.3) is 0 Å². The molecular formula is C16H18N4. The van der Waals surface area contributed by atoms with E-state index < -0.39 is 0 Å². The molecule has 0 saturated carbocycles. The molecule has 3 heterocycles. The average Bonchev–Trinajstić information content (AvgIpc) is 2.86. The number of nitrogens with one attached hydrogen (secondary N) is 2. The normalized spacial score (nSPS) is 17.0. The van der Waals surface area contributed by atoms with Gasteiger partial charge < -0.3 is 10.3 Å². The van der Waals surface area contributed by atoms with E-state index >= 15 is 0 Å². The summed E-state index contributed by atoms with van der Waals surface area (Å²) in [4.78, 5) is 10.2. The highest BCUT2D eigenvalue weighted by atomic mass is 15.2. The van der Waals surface area contributed by atoms with Crippen molar-refractivity contribution in [3.8, 4) is 0 Å². The van der Waals surface area contributed by atoms with Crippen LogP contribution in [0.2, 0.25) is 0 Å². The Morgan fingerprint density at radius 2 is 1.90 bits per heavy atom. The summed E-state index contributed by atoms with van der Waals surface area (Å²) in [6.45, 7) is 5.49. The summed E-state index contributed by atoms with van der Waals surface area (Å²) in [5, 5.41) is 5.89. The van der Waals surface area contributed by atoms with Gasteiger partial charge in [0, 0.05) is 66.9 Å². The largest absolute Gasteiger partial charge is 0.354 e. The van der Waals surface area contributed by atoms with Crippen LogP contribution >= 0.6 is 0 Å². The van der Waals surface area contributed by atoms with Crippen LogP contribution in [0.5, 0.6) is 0 Å². The summed E-state index contributed by atoms with van der Waals surface area (Å²) in [6.07, 6.45) is 3.78. The minimum atomic E-state index is 1.03. The summed E-state index contributed by atoms with van der Waals surface area (Å²) in [5.41, 5.74) is 3.73. The minimum Gasteiger partial charge on any atom is -0.354 e. The number of H-pyrrole nitrogens is 1. The number of piperazine rings is 1. The standard InChI is InChI=1S/C16H18N4/c1-2-15-13(14-10-18-4-3-16(14)19-15)9-12(1)11-20-7-5-17-6-8-20/h1-4,9-10,17,19H,5-8,11H2. The first kappa shape index (κ1) is 11.9. The lowest BCUT2D eigenvalue weighted by molar-refractivity contribution is 0.233. The summed E-state index contributed by atoms with van der Waals surface area (Å²) in [5.74, 6) is 0. The zero-order chi connectivity index (χ0) is 13.4. The van der Waals surface area contributed by atoms with Gasteiger partial charge in [0.2, 0.25) is 0 Å². The summed E-state index contributed by atoms with van der Waals surface area (Å²) < 4.78 is 0. The Hall–Kier alpha value is -1.91. The van der Waals surface area contributed by atoms with Crippen molar-refractivity contribution in [3.63, 3.8) is 0 Å². The minimum absolute atomic E-state index is 1.03. The SMILES string of the molecule is c1cc2[nH]c3ccc(CN4CCNCC4)cc3c2cn1. The fraction of sp³-hybridized carbons (Fsp3) is 0.312. The van der Waals surface area contributed by atoms with Crippen molar-refractivity contribution in [2.75, 3.05) is 26.2 Å². The van der Waals surface area contributed by atoms with Gasteiger partial charge in [0.15, 0.2) is 0 Å². The van der Waals surface area contributed by atoms with Crippen molar-refractivity contribution in [3.05, 3.63) is 42.2 Å². The van der Waals surface area contributed by atoms with Gasteiger partial charge in [-0.2, -0.15) is 0 Å². The number of pyridine rings is 1. The fourth-order valence-corrected chi connectivity index (χ4v) is 3.01. The van der Waals surface area contributed by atoms with Crippen molar-refractivity contribution in [2.45, 2.75) is 6.54 Å². The predicted molar refractivity (Wildman–Crippen MR) is 81.7 cm³/mol. The first-order chi connectivity index (χ1) is 9.90. The van der Waals surface area contributed by atoms with E-state index in [4.69, 9.17) is 0 Å². The van der Waals surface area contributed by atoms with Crippen molar-refractivity contribution in [2.24, 2.45) is 0 Å². The second-order valence-electron chi connectivity index (χ2n) is 5.45. The smallest absolute Gasteiger partial charge is 0.0495 e. The molecule has 1 fully saturated rings. The van der Waals surface area contributed by atoms with E-state index in [0.717, 1.165) is 38.2 Å². The number of aromatic amines is 1.